The van der Waals surface area contributed by atoms with Crippen LogP contribution in [0.15, 0.2) is 23.1 Å². The molecule has 0 unspecified atom stereocenters. The third kappa shape index (κ3) is 5.42. The highest BCUT2D eigenvalue weighted by molar-refractivity contribution is 8.38. The summed E-state index contributed by atoms with van der Waals surface area (Å²) in [6.07, 6.45) is -0.162. The van der Waals surface area contributed by atoms with Gasteiger partial charge in [-0.25, -0.2) is 0 Å². The highest BCUT2D eigenvalue weighted by Gasteiger charge is 2.36. The van der Waals surface area contributed by atoms with E-state index in [2.05, 4.69) is 5.32 Å². The van der Waals surface area contributed by atoms with Gasteiger partial charge in [0, 0.05) is 10.3 Å². The van der Waals surface area contributed by atoms with Gasteiger partial charge in [0.2, 0.25) is 5.91 Å². The highest BCUT2D eigenvalue weighted by Crippen LogP contribution is 2.40. The van der Waals surface area contributed by atoms with Gasteiger partial charge in [0.15, 0.2) is 0 Å². The second kappa shape index (κ2) is 8.69. The second-order valence-corrected chi connectivity index (χ2v) is 9.08. The van der Waals surface area contributed by atoms with E-state index < -0.39 is 17.2 Å². The van der Waals surface area contributed by atoms with Gasteiger partial charge >= 0.3 is 6.18 Å². The van der Waals surface area contributed by atoms with Crippen molar-refractivity contribution in [2.75, 3.05) is 11.1 Å². The van der Waals surface area contributed by atoms with Crippen LogP contribution in [0, 0.1) is 5.41 Å². The lowest BCUT2D eigenvalue weighted by molar-refractivity contribution is -0.137. The van der Waals surface area contributed by atoms with Crippen LogP contribution in [0.25, 0.3) is 0 Å². The highest BCUT2D eigenvalue weighted by atomic mass is 32.2. The monoisotopic (exact) mass is 405 g/mol. The first kappa shape index (κ1) is 21.2. The summed E-state index contributed by atoms with van der Waals surface area (Å²) in [5.74, 6) is 0.292. The van der Waals surface area contributed by atoms with E-state index in [1.54, 1.807) is 0 Å². The van der Waals surface area contributed by atoms with Crippen LogP contribution in [0.2, 0.25) is 0 Å². The molecule has 1 N–H and O–H groups in total. The molecule has 2 rings (SSSR count). The van der Waals surface area contributed by atoms with E-state index in [1.165, 1.54) is 6.07 Å². The number of benzene rings is 1. The maximum atomic E-state index is 13.1. The molecule has 1 fully saturated rings. The fourth-order valence-electron chi connectivity index (χ4n) is 2.96. The van der Waals surface area contributed by atoms with Crippen molar-refractivity contribution in [2.24, 2.45) is 5.41 Å². The Kier molecular flexibility index (Phi) is 7.07. The van der Waals surface area contributed by atoms with Gasteiger partial charge in [-0.3, -0.25) is 9.59 Å². The summed E-state index contributed by atoms with van der Waals surface area (Å²) < 4.78 is 39.0. The summed E-state index contributed by atoms with van der Waals surface area (Å²) in [7, 11) is 0. The molecule has 0 saturated heterocycles. The lowest BCUT2D eigenvalue weighted by Gasteiger charge is -2.32. The molecule has 1 aliphatic carbocycles. The molecule has 1 saturated carbocycles. The molecule has 3 nitrogen and oxygen atoms in total. The maximum Gasteiger partial charge on any atom is 0.416 e. The van der Waals surface area contributed by atoms with Crippen molar-refractivity contribution in [1.82, 2.24) is 0 Å². The Bertz CT molecular complexity index is 671. The van der Waals surface area contributed by atoms with Crippen LogP contribution in [0.5, 0.6) is 0 Å². The molecule has 0 spiro atoms. The van der Waals surface area contributed by atoms with Crippen LogP contribution in [-0.4, -0.2) is 16.1 Å². The van der Waals surface area contributed by atoms with Gasteiger partial charge in [-0.1, -0.05) is 44.9 Å². The first-order valence-electron chi connectivity index (χ1n) is 8.53. The van der Waals surface area contributed by atoms with Crippen LogP contribution < -0.4 is 5.32 Å². The number of carbonyl (C=O) groups is 2. The number of nitrogens with one attached hydrogen (secondary N) is 1. The molecule has 1 aliphatic rings. The van der Waals surface area contributed by atoms with Crippen molar-refractivity contribution in [1.29, 1.82) is 0 Å². The largest absolute Gasteiger partial charge is 0.416 e. The Labute approximate surface area is 159 Å². The summed E-state index contributed by atoms with van der Waals surface area (Å²) in [6, 6.07) is 3.10. The fraction of sp³-hybridized carbons (Fsp3) is 0.556. The van der Waals surface area contributed by atoms with E-state index in [9.17, 15) is 22.8 Å². The number of hydrogen-bond donors (Lipinski definition) is 1. The molecule has 0 heterocycles. The molecule has 0 atom stereocenters. The molecule has 1 aromatic carbocycles. The van der Waals surface area contributed by atoms with Gasteiger partial charge in [-0.05, 0) is 48.6 Å². The van der Waals surface area contributed by atoms with Gasteiger partial charge in [0.05, 0.1) is 11.3 Å². The van der Waals surface area contributed by atoms with Gasteiger partial charge in [0.1, 0.15) is 0 Å². The van der Waals surface area contributed by atoms with E-state index in [-0.39, 0.29) is 16.0 Å². The minimum atomic E-state index is -4.51. The van der Waals surface area contributed by atoms with E-state index in [1.807, 2.05) is 13.8 Å². The zero-order valence-corrected chi connectivity index (χ0v) is 16.4. The van der Waals surface area contributed by atoms with Crippen molar-refractivity contribution in [3.63, 3.8) is 0 Å². The quantitative estimate of drug-likeness (QED) is 0.575. The molecule has 0 aromatic heterocycles. The van der Waals surface area contributed by atoms with Gasteiger partial charge in [-0.2, -0.15) is 13.2 Å². The van der Waals surface area contributed by atoms with E-state index in [4.69, 9.17) is 0 Å². The topological polar surface area (TPSA) is 46.2 Å². The van der Waals surface area contributed by atoms with Crippen molar-refractivity contribution >= 4 is 39.6 Å². The minimum absolute atomic E-state index is 0.0478. The number of carbonyl (C=O) groups excluding carboxylic acids is 2. The minimum Gasteiger partial charge on any atom is -0.325 e. The molecule has 0 aliphatic heterocycles. The Morgan fingerprint density at radius 3 is 2.42 bits per heavy atom. The van der Waals surface area contributed by atoms with E-state index in [0.717, 1.165) is 54.9 Å². The number of halogens is 3. The number of hydrogen-bond acceptors (Lipinski definition) is 4. The van der Waals surface area contributed by atoms with Crippen molar-refractivity contribution < 1.29 is 22.8 Å². The third-order valence-corrected chi connectivity index (χ3v) is 6.39. The number of anilines is 1. The smallest absolute Gasteiger partial charge is 0.325 e. The fourth-order valence-corrected chi connectivity index (χ4v) is 4.59. The number of alkyl halides is 3. The normalized spacial score (nSPS) is 17.0. The zero-order chi connectivity index (χ0) is 19.4. The third-order valence-electron chi connectivity index (χ3n) is 4.52. The van der Waals surface area contributed by atoms with Crippen LogP contribution in [-0.2, 0) is 11.0 Å². The Hall–Kier alpha value is -1.15. The average molecular weight is 406 g/mol. The lowest BCUT2D eigenvalue weighted by atomic mass is 9.75. The van der Waals surface area contributed by atoms with Gasteiger partial charge in [-0.15, -0.1) is 0 Å². The summed E-state index contributed by atoms with van der Waals surface area (Å²) in [5.41, 5.74) is -1.38. The molecule has 1 amide bonds. The van der Waals surface area contributed by atoms with Crippen molar-refractivity contribution in [3.8, 4) is 0 Å². The summed E-state index contributed by atoms with van der Waals surface area (Å²) in [4.78, 5) is 24.9. The van der Waals surface area contributed by atoms with E-state index in [0.29, 0.717) is 23.5 Å². The Morgan fingerprint density at radius 2 is 1.85 bits per heavy atom. The number of thioether (sulfide) groups is 2. The first-order chi connectivity index (χ1) is 12.2. The molecule has 8 heteroatoms. The average Bonchev–Trinajstić information content (AvgIpc) is 2.56. The molecule has 0 radical (unpaired) electrons. The van der Waals surface area contributed by atoms with Crippen LogP contribution in [0.1, 0.15) is 51.5 Å². The maximum absolute atomic E-state index is 13.1. The lowest BCUT2D eigenvalue weighted by Crippen LogP contribution is -2.35. The van der Waals surface area contributed by atoms with Crippen LogP contribution in [0.4, 0.5) is 23.7 Å². The zero-order valence-electron chi connectivity index (χ0n) is 14.7. The van der Waals surface area contributed by atoms with Gasteiger partial charge < -0.3 is 5.32 Å². The number of amides is 1. The van der Waals surface area contributed by atoms with Crippen LogP contribution >= 0.6 is 23.5 Å². The standard InChI is InChI=1S/C18H22F3NO2S2/c1-3-25-16(24)26-14-8-7-12(18(19,20)21)11-13(14)22-15(23)17(2)9-5-4-6-10-17/h7-8,11H,3-6,9-10H2,1-2H3,(H,22,23). The van der Waals surface area contributed by atoms with E-state index >= 15 is 0 Å². The Morgan fingerprint density at radius 1 is 1.19 bits per heavy atom. The molecule has 144 valence electrons. The van der Waals surface area contributed by atoms with Gasteiger partial charge in [0.25, 0.3) is 4.45 Å². The summed E-state index contributed by atoms with van der Waals surface area (Å²) in [5, 5.41) is 2.66. The second-order valence-electron chi connectivity index (χ2n) is 6.57. The Balaban J connectivity index is 2.29. The molecule has 26 heavy (non-hydrogen) atoms. The predicted molar refractivity (Wildman–Crippen MR) is 101 cm³/mol. The summed E-state index contributed by atoms with van der Waals surface area (Å²) >= 11 is 1.92. The molecular weight excluding hydrogens is 383 g/mol. The SMILES string of the molecule is CCSC(=O)Sc1ccc(C(F)(F)F)cc1NC(=O)C1(C)CCCCC1. The summed E-state index contributed by atoms with van der Waals surface area (Å²) in [6.45, 7) is 3.67. The molecule has 0 bridgehead atoms. The molecule has 1 aromatic rings. The first-order valence-corrected chi connectivity index (χ1v) is 10.3. The predicted octanol–water partition coefficient (Wildman–Crippen LogP) is 6.58. The van der Waals surface area contributed by atoms with Crippen molar-refractivity contribution in [3.05, 3.63) is 23.8 Å². The van der Waals surface area contributed by atoms with Crippen molar-refractivity contribution in [2.45, 2.75) is 57.0 Å². The number of rotatable bonds is 4. The van der Waals surface area contributed by atoms with Crippen LogP contribution in [0.3, 0.4) is 0 Å². The molecular formula is C18H22F3NO2S2.